The lowest BCUT2D eigenvalue weighted by Crippen LogP contribution is -2.38. The Morgan fingerprint density at radius 2 is 1.69 bits per heavy atom. The summed E-state index contributed by atoms with van der Waals surface area (Å²) in [6, 6.07) is 18.9. The van der Waals surface area contributed by atoms with Crippen LogP contribution < -0.4 is 4.90 Å². The van der Waals surface area contributed by atoms with Crippen molar-refractivity contribution in [2.24, 2.45) is 0 Å². The summed E-state index contributed by atoms with van der Waals surface area (Å²) in [6.07, 6.45) is 0. The van der Waals surface area contributed by atoms with E-state index in [9.17, 15) is 0 Å². The third kappa shape index (κ3) is 3.61. The normalized spacial score (nSPS) is 14.6. The van der Waals surface area contributed by atoms with Crippen molar-refractivity contribution >= 4 is 17.7 Å². The van der Waals surface area contributed by atoms with Gasteiger partial charge in [-0.1, -0.05) is 60.3 Å². The number of benzene rings is 2. The number of nitrogens with zero attached hydrogens (tertiary/aromatic N) is 4. The summed E-state index contributed by atoms with van der Waals surface area (Å²) in [5, 5.41) is 9.97. The molecule has 2 aromatic carbocycles. The minimum absolute atomic E-state index is 0.729. The van der Waals surface area contributed by atoms with E-state index >= 15 is 0 Å². The molecule has 1 saturated heterocycles. The average molecular weight is 366 g/mol. The molecule has 0 atom stereocenters. The second-order valence-electron chi connectivity index (χ2n) is 6.28. The van der Waals surface area contributed by atoms with Gasteiger partial charge in [0.15, 0.2) is 5.16 Å². The fourth-order valence-corrected chi connectivity index (χ4v) is 3.97. The van der Waals surface area contributed by atoms with Crippen molar-refractivity contribution in [3.05, 3.63) is 65.7 Å². The maximum Gasteiger partial charge on any atom is 0.232 e. The maximum absolute atomic E-state index is 5.50. The van der Waals surface area contributed by atoms with Gasteiger partial charge in [-0.2, -0.15) is 0 Å². The number of hydrogen-bond acceptors (Lipinski definition) is 5. The lowest BCUT2D eigenvalue weighted by atomic mass is 10.2. The van der Waals surface area contributed by atoms with Gasteiger partial charge in [-0.05, 0) is 24.1 Å². The van der Waals surface area contributed by atoms with Gasteiger partial charge in [-0.3, -0.25) is 4.57 Å². The van der Waals surface area contributed by atoms with Crippen molar-refractivity contribution in [2.45, 2.75) is 17.8 Å². The summed E-state index contributed by atoms with van der Waals surface area (Å²) in [4.78, 5) is 2.26. The van der Waals surface area contributed by atoms with E-state index in [1.807, 2.05) is 6.07 Å². The second kappa shape index (κ2) is 7.93. The number of morpholine rings is 1. The summed E-state index contributed by atoms with van der Waals surface area (Å²) in [6.45, 7) is 5.27. The zero-order chi connectivity index (χ0) is 17.8. The first kappa shape index (κ1) is 17.1. The molecule has 1 aliphatic heterocycles. The molecule has 3 aromatic rings. The molecule has 1 aromatic heterocycles. The fraction of sp³-hybridized carbons (Fsp3) is 0.300. The van der Waals surface area contributed by atoms with E-state index in [-0.39, 0.29) is 0 Å². The van der Waals surface area contributed by atoms with Crippen molar-refractivity contribution in [3.8, 4) is 5.69 Å². The van der Waals surface area contributed by atoms with Crippen molar-refractivity contribution < 1.29 is 4.74 Å². The van der Waals surface area contributed by atoms with Gasteiger partial charge in [0.1, 0.15) is 0 Å². The van der Waals surface area contributed by atoms with Crippen LogP contribution in [0.2, 0.25) is 0 Å². The van der Waals surface area contributed by atoms with Crippen LogP contribution in [0, 0.1) is 6.92 Å². The summed E-state index contributed by atoms with van der Waals surface area (Å²) >= 11 is 1.72. The number of hydrogen-bond donors (Lipinski definition) is 0. The quantitative estimate of drug-likeness (QED) is 0.644. The van der Waals surface area contributed by atoms with E-state index < -0.39 is 0 Å². The Labute approximate surface area is 158 Å². The number of thioether (sulfide) groups is 1. The van der Waals surface area contributed by atoms with Gasteiger partial charge < -0.3 is 9.64 Å². The van der Waals surface area contributed by atoms with Crippen molar-refractivity contribution in [3.63, 3.8) is 0 Å². The number of anilines is 1. The van der Waals surface area contributed by atoms with Crippen LogP contribution in [0.25, 0.3) is 5.69 Å². The van der Waals surface area contributed by atoms with E-state index in [0.717, 1.165) is 48.8 Å². The highest BCUT2D eigenvalue weighted by atomic mass is 32.2. The lowest BCUT2D eigenvalue weighted by Gasteiger charge is -2.28. The molecule has 0 spiro atoms. The van der Waals surface area contributed by atoms with Gasteiger partial charge in [0.25, 0.3) is 0 Å². The zero-order valence-electron chi connectivity index (χ0n) is 14.8. The Hall–Kier alpha value is -2.31. The van der Waals surface area contributed by atoms with Gasteiger partial charge in [0, 0.05) is 18.8 Å². The standard InChI is InChI=1S/C20H22N4OS/c1-16-7-5-6-10-18(16)24-19(23-11-13-25-14-12-23)21-22-20(24)26-15-17-8-3-2-4-9-17/h2-10H,11-15H2,1H3. The van der Waals surface area contributed by atoms with Gasteiger partial charge in [-0.15, -0.1) is 10.2 Å². The van der Waals surface area contributed by atoms with Gasteiger partial charge >= 0.3 is 0 Å². The molecule has 0 amide bonds. The minimum Gasteiger partial charge on any atom is -0.378 e. The predicted molar refractivity (Wildman–Crippen MR) is 105 cm³/mol. The highest BCUT2D eigenvalue weighted by Gasteiger charge is 2.22. The second-order valence-corrected chi connectivity index (χ2v) is 7.22. The van der Waals surface area contributed by atoms with Crippen LogP contribution in [0.4, 0.5) is 5.95 Å². The molecule has 0 bridgehead atoms. The zero-order valence-corrected chi connectivity index (χ0v) is 15.7. The number of ether oxygens (including phenoxy) is 1. The third-order valence-electron chi connectivity index (χ3n) is 4.48. The number of para-hydroxylation sites is 1. The molecule has 5 nitrogen and oxygen atoms in total. The van der Waals surface area contributed by atoms with Gasteiger partial charge in [0.2, 0.25) is 5.95 Å². The Morgan fingerprint density at radius 3 is 2.46 bits per heavy atom. The Kier molecular flexibility index (Phi) is 5.22. The van der Waals surface area contributed by atoms with Crippen molar-refractivity contribution in [1.82, 2.24) is 14.8 Å². The van der Waals surface area contributed by atoms with Crippen LogP contribution in [0.1, 0.15) is 11.1 Å². The van der Waals surface area contributed by atoms with Crippen LogP contribution in [-0.4, -0.2) is 41.1 Å². The van der Waals surface area contributed by atoms with E-state index in [1.54, 1.807) is 11.8 Å². The van der Waals surface area contributed by atoms with Crippen LogP contribution in [0.3, 0.4) is 0 Å². The largest absolute Gasteiger partial charge is 0.378 e. The Bertz CT molecular complexity index is 859. The summed E-state index contributed by atoms with van der Waals surface area (Å²) < 4.78 is 7.69. The molecule has 6 heteroatoms. The third-order valence-corrected chi connectivity index (χ3v) is 5.48. The van der Waals surface area contributed by atoms with E-state index in [0.29, 0.717) is 0 Å². The molecule has 1 aliphatic rings. The molecule has 0 aliphatic carbocycles. The van der Waals surface area contributed by atoms with Crippen molar-refractivity contribution in [2.75, 3.05) is 31.2 Å². The molecular formula is C20H22N4OS. The topological polar surface area (TPSA) is 43.2 Å². The summed E-state index contributed by atoms with van der Waals surface area (Å²) in [7, 11) is 0. The Morgan fingerprint density at radius 1 is 0.962 bits per heavy atom. The van der Waals surface area contributed by atoms with Crippen LogP contribution in [-0.2, 0) is 10.5 Å². The first-order chi connectivity index (χ1) is 12.8. The first-order valence-electron chi connectivity index (χ1n) is 8.84. The number of aryl methyl sites for hydroxylation is 1. The minimum atomic E-state index is 0.729. The van der Waals surface area contributed by atoms with Gasteiger partial charge in [-0.25, -0.2) is 0 Å². The molecule has 0 radical (unpaired) electrons. The summed E-state index contributed by atoms with van der Waals surface area (Å²) in [5.74, 6) is 1.77. The lowest BCUT2D eigenvalue weighted by molar-refractivity contribution is 0.122. The number of rotatable bonds is 5. The molecule has 26 heavy (non-hydrogen) atoms. The van der Waals surface area contributed by atoms with Gasteiger partial charge in [0.05, 0.1) is 18.9 Å². The Balaban J connectivity index is 1.69. The van der Waals surface area contributed by atoms with Crippen LogP contribution >= 0.6 is 11.8 Å². The summed E-state index contributed by atoms with van der Waals surface area (Å²) in [5.41, 5.74) is 3.63. The van der Waals surface area contributed by atoms with E-state index in [2.05, 4.69) is 75.1 Å². The molecule has 4 rings (SSSR count). The predicted octanol–water partition coefficient (Wildman–Crippen LogP) is 3.70. The number of aromatic nitrogens is 3. The van der Waals surface area contributed by atoms with E-state index in [1.165, 1.54) is 11.1 Å². The van der Waals surface area contributed by atoms with Crippen LogP contribution in [0.5, 0.6) is 0 Å². The monoisotopic (exact) mass is 366 g/mol. The highest BCUT2D eigenvalue weighted by molar-refractivity contribution is 7.98. The molecular weight excluding hydrogens is 344 g/mol. The SMILES string of the molecule is Cc1ccccc1-n1c(SCc2ccccc2)nnc1N1CCOCC1. The maximum atomic E-state index is 5.50. The van der Waals surface area contributed by atoms with E-state index in [4.69, 9.17) is 4.74 Å². The average Bonchev–Trinajstić information content (AvgIpc) is 3.12. The molecule has 2 heterocycles. The fourth-order valence-electron chi connectivity index (χ4n) is 3.07. The molecule has 1 fully saturated rings. The first-order valence-corrected chi connectivity index (χ1v) is 9.82. The molecule has 0 saturated carbocycles. The molecule has 0 N–H and O–H groups in total. The molecule has 134 valence electrons. The highest BCUT2D eigenvalue weighted by Crippen LogP contribution is 2.30. The smallest absolute Gasteiger partial charge is 0.232 e. The molecule has 0 unspecified atom stereocenters. The van der Waals surface area contributed by atoms with Crippen molar-refractivity contribution in [1.29, 1.82) is 0 Å². The van der Waals surface area contributed by atoms with Crippen LogP contribution in [0.15, 0.2) is 59.8 Å².